The molecule has 0 fully saturated rings. The van der Waals surface area contributed by atoms with Gasteiger partial charge in [-0.05, 0) is 36.4 Å². The van der Waals surface area contributed by atoms with Crippen LogP contribution in [0.2, 0.25) is 0 Å². The van der Waals surface area contributed by atoms with Gasteiger partial charge in [-0.3, -0.25) is 0 Å². The maximum Gasteiger partial charge on any atom is 0.160 e. The smallest absolute Gasteiger partial charge is 0.160 e. The van der Waals surface area contributed by atoms with Gasteiger partial charge in [-0.1, -0.05) is 146 Å². The number of benzene rings is 7. The van der Waals surface area contributed by atoms with Gasteiger partial charge in [0.05, 0.1) is 33.6 Å². The van der Waals surface area contributed by atoms with E-state index in [-0.39, 0.29) is 0 Å². The maximum absolute atomic E-state index is 5.35. The molecule has 238 valence electrons. The molecular formula is C47H30N4. The Morgan fingerprint density at radius 3 is 1.67 bits per heavy atom. The predicted molar refractivity (Wildman–Crippen MR) is 211 cm³/mol. The SMILES string of the molecule is c1ccc(-c2cc(-c3ccccc3)nc(-c3cccc(-c4nc5ccccc5c5c4ccc4c6ccccc6n(-c6ccccc6)c45)c3)n2)cc1. The van der Waals surface area contributed by atoms with E-state index in [0.29, 0.717) is 5.82 Å². The van der Waals surface area contributed by atoms with Crippen molar-refractivity contribution in [2.24, 2.45) is 0 Å². The van der Waals surface area contributed by atoms with Crippen LogP contribution in [0.25, 0.3) is 94.3 Å². The van der Waals surface area contributed by atoms with Gasteiger partial charge in [0.1, 0.15) is 0 Å². The fourth-order valence-electron chi connectivity index (χ4n) is 7.45. The lowest BCUT2D eigenvalue weighted by molar-refractivity contribution is 1.18. The summed E-state index contributed by atoms with van der Waals surface area (Å²) in [6, 6.07) is 63.6. The first-order valence-electron chi connectivity index (χ1n) is 17.2. The topological polar surface area (TPSA) is 43.6 Å². The van der Waals surface area contributed by atoms with E-state index in [9.17, 15) is 0 Å². The summed E-state index contributed by atoms with van der Waals surface area (Å²) in [4.78, 5) is 15.6. The van der Waals surface area contributed by atoms with Crippen molar-refractivity contribution in [1.82, 2.24) is 19.5 Å². The zero-order valence-corrected chi connectivity index (χ0v) is 27.6. The van der Waals surface area contributed by atoms with Crippen LogP contribution in [0.15, 0.2) is 182 Å². The summed E-state index contributed by atoms with van der Waals surface area (Å²) >= 11 is 0. The molecule has 10 aromatic rings. The van der Waals surface area contributed by atoms with Gasteiger partial charge in [-0.2, -0.15) is 0 Å². The van der Waals surface area contributed by atoms with Crippen LogP contribution in [-0.2, 0) is 0 Å². The Bertz CT molecular complexity index is 2840. The van der Waals surface area contributed by atoms with E-state index in [1.165, 1.54) is 27.2 Å². The second kappa shape index (κ2) is 11.9. The fraction of sp³-hybridized carbons (Fsp3) is 0. The maximum atomic E-state index is 5.35. The normalized spacial score (nSPS) is 11.5. The number of nitrogens with zero attached hydrogens (tertiary/aromatic N) is 4. The van der Waals surface area contributed by atoms with Gasteiger partial charge in [0, 0.05) is 54.9 Å². The number of pyridine rings is 1. The molecule has 0 N–H and O–H groups in total. The van der Waals surface area contributed by atoms with E-state index in [0.717, 1.165) is 61.3 Å². The van der Waals surface area contributed by atoms with Gasteiger partial charge in [-0.15, -0.1) is 0 Å². The van der Waals surface area contributed by atoms with Crippen LogP contribution in [0.4, 0.5) is 0 Å². The second-order valence-corrected chi connectivity index (χ2v) is 12.8. The summed E-state index contributed by atoms with van der Waals surface area (Å²) in [7, 11) is 0. The van der Waals surface area contributed by atoms with Gasteiger partial charge in [0.25, 0.3) is 0 Å². The van der Waals surface area contributed by atoms with Crippen molar-refractivity contribution >= 4 is 43.5 Å². The molecule has 0 bridgehead atoms. The number of fused-ring (bicyclic) bond motifs is 7. The highest BCUT2D eigenvalue weighted by molar-refractivity contribution is 6.26. The average molecular weight is 651 g/mol. The molecule has 3 heterocycles. The lowest BCUT2D eigenvalue weighted by atomic mass is 9.96. The minimum Gasteiger partial charge on any atom is -0.309 e. The molecule has 0 atom stereocenters. The first-order chi connectivity index (χ1) is 25.3. The van der Waals surface area contributed by atoms with Crippen LogP contribution < -0.4 is 0 Å². The minimum absolute atomic E-state index is 0.675. The zero-order valence-electron chi connectivity index (χ0n) is 27.6. The van der Waals surface area contributed by atoms with E-state index < -0.39 is 0 Å². The molecule has 10 rings (SSSR count). The first-order valence-corrected chi connectivity index (χ1v) is 17.2. The molecule has 0 aliphatic rings. The van der Waals surface area contributed by atoms with Crippen molar-refractivity contribution in [3.05, 3.63) is 182 Å². The molecule has 0 saturated heterocycles. The summed E-state index contributed by atoms with van der Waals surface area (Å²) < 4.78 is 2.41. The third-order valence-corrected chi connectivity index (χ3v) is 9.77. The van der Waals surface area contributed by atoms with Crippen LogP contribution >= 0.6 is 0 Å². The summed E-state index contributed by atoms with van der Waals surface area (Å²) in [6.07, 6.45) is 0. The van der Waals surface area contributed by atoms with Gasteiger partial charge in [-0.25, -0.2) is 15.0 Å². The lowest BCUT2D eigenvalue weighted by Gasteiger charge is -2.15. The zero-order chi connectivity index (χ0) is 33.7. The number of hydrogen-bond donors (Lipinski definition) is 0. The molecule has 0 radical (unpaired) electrons. The monoisotopic (exact) mass is 650 g/mol. The van der Waals surface area contributed by atoms with Gasteiger partial charge < -0.3 is 4.57 Å². The molecule has 0 amide bonds. The Morgan fingerprint density at radius 2 is 0.941 bits per heavy atom. The molecule has 0 spiro atoms. The molecule has 0 aliphatic heterocycles. The lowest BCUT2D eigenvalue weighted by Crippen LogP contribution is -1.97. The standard InChI is InChI=1S/C47H30N4/c1-4-15-31(16-5-1)41-30-42(32-17-6-2-7-18-32)50-47(49-41)34-20-14-19-33(29-34)45-39-28-27-37-36-23-11-13-26-43(36)51(35-21-8-3-9-22-35)46(37)44(39)38-24-10-12-25-40(38)48-45/h1-30H. The third kappa shape index (κ3) is 4.88. The van der Waals surface area contributed by atoms with Crippen molar-refractivity contribution in [2.75, 3.05) is 0 Å². The Hall–Kier alpha value is -6.91. The van der Waals surface area contributed by atoms with Crippen LogP contribution in [0.1, 0.15) is 0 Å². The second-order valence-electron chi connectivity index (χ2n) is 12.8. The largest absolute Gasteiger partial charge is 0.309 e. The van der Waals surface area contributed by atoms with E-state index in [4.69, 9.17) is 15.0 Å². The quantitative estimate of drug-likeness (QED) is 0.174. The molecule has 0 saturated carbocycles. The Kier molecular flexibility index (Phi) is 6.78. The highest BCUT2D eigenvalue weighted by Gasteiger charge is 2.20. The molecule has 4 nitrogen and oxygen atoms in total. The van der Waals surface area contributed by atoms with Crippen LogP contribution in [0.3, 0.4) is 0 Å². The highest BCUT2D eigenvalue weighted by atomic mass is 15.0. The van der Waals surface area contributed by atoms with Gasteiger partial charge >= 0.3 is 0 Å². The highest BCUT2D eigenvalue weighted by Crippen LogP contribution is 2.42. The summed E-state index contributed by atoms with van der Waals surface area (Å²) in [5, 5.41) is 5.86. The van der Waals surface area contributed by atoms with Crippen molar-refractivity contribution in [2.45, 2.75) is 0 Å². The van der Waals surface area contributed by atoms with E-state index in [1.807, 2.05) is 36.4 Å². The molecule has 0 aliphatic carbocycles. The molecule has 51 heavy (non-hydrogen) atoms. The van der Waals surface area contributed by atoms with Crippen LogP contribution in [0.5, 0.6) is 0 Å². The molecule has 4 heteroatoms. The van der Waals surface area contributed by atoms with Crippen molar-refractivity contribution in [3.63, 3.8) is 0 Å². The van der Waals surface area contributed by atoms with Crippen LogP contribution in [-0.4, -0.2) is 19.5 Å². The molecular weight excluding hydrogens is 621 g/mol. The minimum atomic E-state index is 0.675. The number of para-hydroxylation sites is 3. The summed E-state index contributed by atoms with van der Waals surface area (Å²) in [5.41, 5.74) is 11.2. The Morgan fingerprint density at radius 1 is 0.373 bits per heavy atom. The summed E-state index contributed by atoms with van der Waals surface area (Å²) in [6.45, 7) is 0. The molecule has 3 aromatic heterocycles. The van der Waals surface area contributed by atoms with Gasteiger partial charge in [0.15, 0.2) is 5.82 Å². The average Bonchev–Trinajstić information content (AvgIpc) is 3.56. The summed E-state index contributed by atoms with van der Waals surface area (Å²) in [5.74, 6) is 0.675. The Balaban J connectivity index is 1.24. The number of rotatable bonds is 5. The van der Waals surface area contributed by atoms with Crippen molar-refractivity contribution in [3.8, 4) is 50.8 Å². The van der Waals surface area contributed by atoms with Crippen LogP contribution in [0, 0.1) is 0 Å². The van der Waals surface area contributed by atoms with Gasteiger partial charge in [0.2, 0.25) is 0 Å². The van der Waals surface area contributed by atoms with Crippen molar-refractivity contribution < 1.29 is 0 Å². The third-order valence-electron chi connectivity index (χ3n) is 9.77. The molecule has 7 aromatic carbocycles. The van der Waals surface area contributed by atoms with E-state index in [1.54, 1.807) is 0 Å². The first kappa shape index (κ1) is 29.0. The van der Waals surface area contributed by atoms with E-state index in [2.05, 4.69) is 150 Å². The fourth-order valence-corrected chi connectivity index (χ4v) is 7.45. The Labute approximate surface area is 295 Å². The number of aromatic nitrogens is 4. The predicted octanol–water partition coefficient (Wildman–Crippen LogP) is 11.9. The molecule has 0 unspecified atom stereocenters. The van der Waals surface area contributed by atoms with Crippen molar-refractivity contribution in [1.29, 1.82) is 0 Å². The number of hydrogen-bond acceptors (Lipinski definition) is 3. The van der Waals surface area contributed by atoms with E-state index >= 15 is 0 Å².